The van der Waals surface area contributed by atoms with Crippen LogP contribution in [0.5, 0.6) is 0 Å². The third-order valence-electron chi connectivity index (χ3n) is 2.91. The normalized spacial score (nSPS) is 25.2. The van der Waals surface area contributed by atoms with Gasteiger partial charge in [-0.1, -0.05) is 12.8 Å². The molecule has 0 aromatic rings. The topological polar surface area (TPSA) is 74.6 Å². The van der Waals surface area contributed by atoms with Crippen LogP contribution in [0.4, 0.5) is 0 Å². The lowest BCUT2D eigenvalue weighted by molar-refractivity contribution is 0.158. The predicted octanol–water partition coefficient (Wildman–Crippen LogP) is 1.42. The molecule has 1 fully saturated rings. The van der Waals surface area contributed by atoms with Crippen LogP contribution in [0.25, 0.3) is 0 Å². The number of rotatable bonds is 3. The Labute approximate surface area is 90.3 Å². The van der Waals surface area contributed by atoms with E-state index in [-0.39, 0.29) is 25.0 Å². The molecule has 4 nitrogen and oxygen atoms in total. The maximum Gasteiger partial charge on any atom is 0.0877 e. The van der Waals surface area contributed by atoms with Crippen molar-refractivity contribution in [1.29, 1.82) is 15.8 Å². The van der Waals surface area contributed by atoms with Crippen molar-refractivity contribution in [3.63, 3.8) is 0 Å². The second-order valence-electron chi connectivity index (χ2n) is 3.81. The Kier molecular flexibility index (Phi) is 4.61. The van der Waals surface area contributed by atoms with Gasteiger partial charge in [0.2, 0.25) is 0 Å². The van der Waals surface area contributed by atoms with Crippen LogP contribution in [-0.2, 0) is 0 Å². The molecule has 78 valence electrons. The first-order valence-electron chi connectivity index (χ1n) is 5.21. The van der Waals surface area contributed by atoms with Gasteiger partial charge in [0.05, 0.1) is 37.2 Å². The Morgan fingerprint density at radius 2 is 1.60 bits per heavy atom. The summed E-state index contributed by atoms with van der Waals surface area (Å²) in [5.41, 5.74) is 0. The van der Waals surface area contributed by atoms with E-state index in [4.69, 9.17) is 15.8 Å². The monoisotopic (exact) mass is 202 g/mol. The van der Waals surface area contributed by atoms with E-state index in [2.05, 4.69) is 18.2 Å². The third kappa shape index (κ3) is 2.94. The van der Waals surface area contributed by atoms with Crippen LogP contribution in [0.15, 0.2) is 0 Å². The fourth-order valence-corrected chi connectivity index (χ4v) is 2.17. The number of nitrogens with zero attached hydrogens (tertiary/aromatic N) is 4. The van der Waals surface area contributed by atoms with Crippen LogP contribution in [0.3, 0.4) is 0 Å². The van der Waals surface area contributed by atoms with Crippen molar-refractivity contribution < 1.29 is 0 Å². The average Bonchev–Trinajstić information content (AvgIpc) is 2.29. The van der Waals surface area contributed by atoms with Gasteiger partial charge in [-0.15, -0.1) is 0 Å². The fourth-order valence-electron chi connectivity index (χ4n) is 2.17. The SMILES string of the molecule is N#CCN(CC#N)C1CCCCC1C#N. The van der Waals surface area contributed by atoms with Gasteiger partial charge in [0.15, 0.2) is 0 Å². The van der Waals surface area contributed by atoms with Gasteiger partial charge in [-0.25, -0.2) is 0 Å². The van der Waals surface area contributed by atoms with Crippen molar-refractivity contribution in [1.82, 2.24) is 4.90 Å². The summed E-state index contributed by atoms with van der Waals surface area (Å²) in [6.45, 7) is 0.493. The average molecular weight is 202 g/mol. The number of nitriles is 3. The summed E-state index contributed by atoms with van der Waals surface area (Å²) in [7, 11) is 0. The van der Waals surface area contributed by atoms with Gasteiger partial charge in [-0.3, -0.25) is 4.90 Å². The van der Waals surface area contributed by atoms with E-state index in [0.29, 0.717) is 0 Å². The highest BCUT2D eigenvalue weighted by Crippen LogP contribution is 2.27. The third-order valence-corrected chi connectivity index (χ3v) is 2.91. The predicted molar refractivity (Wildman–Crippen MR) is 54.2 cm³/mol. The molecule has 1 aliphatic rings. The van der Waals surface area contributed by atoms with Gasteiger partial charge in [0.1, 0.15) is 0 Å². The molecular formula is C11H14N4. The van der Waals surface area contributed by atoms with Crippen LogP contribution in [0, 0.1) is 39.9 Å². The lowest BCUT2D eigenvalue weighted by atomic mass is 9.84. The number of hydrogen-bond acceptors (Lipinski definition) is 4. The van der Waals surface area contributed by atoms with Gasteiger partial charge >= 0.3 is 0 Å². The molecule has 4 heteroatoms. The van der Waals surface area contributed by atoms with Crippen LogP contribution in [0.1, 0.15) is 25.7 Å². The number of hydrogen-bond donors (Lipinski definition) is 0. The van der Waals surface area contributed by atoms with Crippen molar-refractivity contribution in [2.24, 2.45) is 5.92 Å². The Balaban J connectivity index is 2.68. The molecule has 1 rings (SSSR count). The van der Waals surface area contributed by atoms with Gasteiger partial charge < -0.3 is 0 Å². The van der Waals surface area contributed by atoms with E-state index < -0.39 is 0 Å². The standard InChI is InChI=1S/C11H14N4/c12-5-7-15(8-6-13)11-4-2-1-3-10(11)9-14/h10-11H,1-4,7-8H2. The van der Waals surface area contributed by atoms with Crippen LogP contribution in [-0.4, -0.2) is 24.0 Å². The van der Waals surface area contributed by atoms with Crippen LogP contribution < -0.4 is 0 Å². The highest BCUT2D eigenvalue weighted by Gasteiger charge is 2.29. The molecule has 0 heterocycles. The lowest BCUT2D eigenvalue weighted by Crippen LogP contribution is -2.42. The molecule has 2 unspecified atom stereocenters. The second kappa shape index (κ2) is 6.02. The molecule has 0 radical (unpaired) electrons. The zero-order chi connectivity index (χ0) is 11.1. The minimum atomic E-state index is -0.0135. The summed E-state index contributed by atoms with van der Waals surface area (Å²) in [6.07, 6.45) is 4.01. The molecule has 0 saturated heterocycles. The van der Waals surface area contributed by atoms with Crippen molar-refractivity contribution >= 4 is 0 Å². The van der Waals surface area contributed by atoms with Crippen molar-refractivity contribution in [3.8, 4) is 18.2 Å². The molecule has 1 aliphatic carbocycles. The smallest absolute Gasteiger partial charge is 0.0877 e. The minimum absolute atomic E-state index is 0.0135. The summed E-state index contributed by atoms with van der Waals surface area (Å²) >= 11 is 0. The highest BCUT2D eigenvalue weighted by molar-refractivity contribution is 4.99. The molecule has 0 aromatic heterocycles. The molecule has 0 N–H and O–H groups in total. The Bertz CT molecular complexity index is 301. The molecule has 0 bridgehead atoms. The Morgan fingerprint density at radius 3 is 2.13 bits per heavy atom. The first kappa shape index (κ1) is 11.5. The van der Waals surface area contributed by atoms with Gasteiger partial charge in [-0.05, 0) is 12.8 Å². The molecule has 15 heavy (non-hydrogen) atoms. The van der Waals surface area contributed by atoms with E-state index in [1.165, 1.54) is 0 Å². The first-order chi connectivity index (χ1) is 7.33. The zero-order valence-corrected chi connectivity index (χ0v) is 8.69. The summed E-state index contributed by atoms with van der Waals surface area (Å²) in [5, 5.41) is 26.3. The molecule has 0 amide bonds. The summed E-state index contributed by atoms with van der Waals surface area (Å²) in [4.78, 5) is 1.83. The maximum atomic E-state index is 9.00. The summed E-state index contributed by atoms with van der Waals surface area (Å²) < 4.78 is 0. The van der Waals surface area contributed by atoms with Crippen LogP contribution in [0.2, 0.25) is 0 Å². The summed E-state index contributed by atoms with van der Waals surface area (Å²) in [6, 6.07) is 6.51. The summed E-state index contributed by atoms with van der Waals surface area (Å²) in [5.74, 6) is -0.0135. The first-order valence-corrected chi connectivity index (χ1v) is 5.21. The Morgan fingerprint density at radius 1 is 1.00 bits per heavy atom. The highest BCUT2D eigenvalue weighted by atomic mass is 15.2. The van der Waals surface area contributed by atoms with Crippen molar-refractivity contribution in [3.05, 3.63) is 0 Å². The van der Waals surface area contributed by atoms with E-state index in [1.807, 2.05) is 4.90 Å². The van der Waals surface area contributed by atoms with E-state index in [9.17, 15) is 0 Å². The molecular weight excluding hydrogens is 188 g/mol. The second-order valence-corrected chi connectivity index (χ2v) is 3.81. The molecule has 1 saturated carbocycles. The van der Waals surface area contributed by atoms with Crippen molar-refractivity contribution in [2.45, 2.75) is 31.7 Å². The van der Waals surface area contributed by atoms with Gasteiger partial charge in [-0.2, -0.15) is 15.8 Å². The van der Waals surface area contributed by atoms with Crippen LogP contribution >= 0.6 is 0 Å². The van der Waals surface area contributed by atoms with Gasteiger partial charge in [0, 0.05) is 6.04 Å². The molecule has 0 aliphatic heterocycles. The molecule has 0 spiro atoms. The molecule has 2 atom stereocenters. The van der Waals surface area contributed by atoms with E-state index in [1.54, 1.807) is 0 Å². The van der Waals surface area contributed by atoms with E-state index in [0.717, 1.165) is 25.7 Å². The lowest BCUT2D eigenvalue weighted by Gasteiger charge is -2.34. The maximum absolute atomic E-state index is 9.00. The molecule has 0 aromatic carbocycles. The quantitative estimate of drug-likeness (QED) is 0.648. The van der Waals surface area contributed by atoms with Gasteiger partial charge in [0.25, 0.3) is 0 Å². The fraction of sp³-hybridized carbons (Fsp3) is 0.727. The Hall–Kier alpha value is -1.57. The van der Waals surface area contributed by atoms with Crippen molar-refractivity contribution in [2.75, 3.05) is 13.1 Å². The zero-order valence-electron chi connectivity index (χ0n) is 8.69. The largest absolute Gasteiger partial charge is 0.273 e. The van der Waals surface area contributed by atoms with E-state index >= 15 is 0 Å². The minimum Gasteiger partial charge on any atom is -0.273 e.